The van der Waals surface area contributed by atoms with Gasteiger partial charge in [0.15, 0.2) is 6.10 Å². The second-order valence-corrected chi connectivity index (χ2v) is 6.33. The summed E-state index contributed by atoms with van der Waals surface area (Å²) in [5, 5.41) is 2.85. The molecular formula is C17H18INO2. The van der Waals surface area contributed by atoms with Crippen molar-refractivity contribution in [3.63, 3.8) is 0 Å². The van der Waals surface area contributed by atoms with Crippen LogP contribution in [0.15, 0.2) is 42.5 Å². The molecule has 1 atom stereocenters. The topological polar surface area (TPSA) is 38.3 Å². The maximum Gasteiger partial charge on any atom is 0.265 e. The third kappa shape index (κ3) is 4.74. The van der Waals surface area contributed by atoms with Crippen LogP contribution in [0.3, 0.4) is 0 Å². The molecule has 1 unspecified atom stereocenters. The van der Waals surface area contributed by atoms with E-state index in [2.05, 4.69) is 34.0 Å². The van der Waals surface area contributed by atoms with Crippen molar-refractivity contribution < 1.29 is 9.53 Å². The Hall–Kier alpha value is -1.56. The fourth-order valence-electron chi connectivity index (χ4n) is 2.04. The van der Waals surface area contributed by atoms with Crippen LogP contribution in [-0.4, -0.2) is 12.0 Å². The molecular weight excluding hydrogens is 377 g/mol. The summed E-state index contributed by atoms with van der Waals surface area (Å²) >= 11 is 2.23. The molecule has 21 heavy (non-hydrogen) atoms. The SMILES string of the molecule is Cc1cc(C)cc(OC(C)C(=O)Nc2ccc(I)cc2)c1. The van der Waals surface area contributed by atoms with E-state index in [0.29, 0.717) is 0 Å². The maximum atomic E-state index is 12.1. The van der Waals surface area contributed by atoms with Crippen LogP contribution in [0.25, 0.3) is 0 Å². The van der Waals surface area contributed by atoms with Gasteiger partial charge in [0.1, 0.15) is 5.75 Å². The molecule has 3 nitrogen and oxygen atoms in total. The lowest BCUT2D eigenvalue weighted by Gasteiger charge is -2.15. The minimum Gasteiger partial charge on any atom is -0.481 e. The Morgan fingerprint density at radius 1 is 1.10 bits per heavy atom. The lowest BCUT2D eigenvalue weighted by molar-refractivity contribution is -0.122. The predicted molar refractivity (Wildman–Crippen MR) is 93.8 cm³/mol. The van der Waals surface area contributed by atoms with Gasteiger partial charge < -0.3 is 10.1 Å². The fourth-order valence-corrected chi connectivity index (χ4v) is 2.40. The Bertz CT molecular complexity index is 617. The molecule has 2 rings (SSSR count). The summed E-state index contributed by atoms with van der Waals surface area (Å²) in [4.78, 5) is 12.1. The summed E-state index contributed by atoms with van der Waals surface area (Å²) in [6, 6.07) is 13.6. The molecule has 1 N–H and O–H groups in total. The van der Waals surface area contributed by atoms with Gasteiger partial charge in [0.2, 0.25) is 0 Å². The lowest BCUT2D eigenvalue weighted by atomic mass is 10.1. The minimum atomic E-state index is -0.550. The van der Waals surface area contributed by atoms with Crippen molar-refractivity contribution in [2.45, 2.75) is 26.9 Å². The Balaban J connectivity index is 2.00. The van der Waals surface area contributed by atoms with Crippen LogP contribution >= 0.6 is 22.6 Å². The highest BCUT2D eigenvalue weighted by Crippen LogP contribution is 2.18. The maximum absolute atomic E-state index is 12.1. The smallest absolute Gasteiger partial charge is 0.265 e. The van der Waals surface area contributed by atoms with Crippen LogP contribution in [0.2, 0.25) is 0 Å². The normalized spacial score (nSPS) is 11.8. The van der Waals surface area contributed by atoms with Gasteiger partial charge in [0, 0.05) is 9.26 Å². The van der Waals surface area contributed by atoms with E-state index in [1.807, 2.05) is 50.2 Å². The Morgan fingerprint density at radius 2 is 1.67 bits per heavy atom. The highest BCUT2D eigenvalue weighted by atomic mass is 127. The quantitative estimate of drug-likeness (QED) is 0.784. The van der Waals surface area contributed by atoms with E-state index in [-0.39, 0.29) is 5.91 Å². The van der Waals surface area contributed by atoms with E-state index in [1.54, 1.807) is 6.92 Å². The number of halogens is 1. The van der Waals surface area contributed by atoms with E-state index in [4.69, 9.17) is 4.74 Å². The molecule has 0 saturated heterocycles. The van der Waals surface area contributed by atoms with E-state index in [0.717, 1.165) is 26.1 Å². The van der Waals surface area contributed by atoms with Crippen LogP contribution in [0.1, 0.15) is 18.1 Å². The summed E-state index contributed by atoms with van der Waals surface area (Å²) in [5.41, 5.74) is 3.02. The molecule has 0 radical (unpaired) electrons. The minimum absolute atomic E-state index is 0.157. The number of amides is 1. The van der Waals surface area contributed by atoms with Crippen LogP contribution in [0, 0.1) is 17.4 Å². The van der Waals surface area contributed by atoms with Gasteiger partial charge >= 0.3 is 0 Å². The molecule has 0 spiro atoms. The summed E-state index contributed by atoms with van der Waals surface area (Å²) in [6.45, 7) is 5.77. The van der Waals surface area contributed by atoms with Crippen molar-refractivity contribution in [3.05, 3.63) is 57.2 Å². The van der Waals surface area contributed by atoms with Crippen molar-refractivity contribution in [1.29, 1.82) is 0 Å². The van der Waals surface area contributed by atoms with Crippen LogP contribution in [-0.2, 0) is 4.79 Å². The molecule has 1 amide bonds. The summed E-state index contributed by atoms with van der Waals surface area (Å²) in [6.07, 6.45) is -0.550. The molecule has 0 aliphatic carbocycles. The first-order chi connectivity index (χ1) is 9.94. The van der Waals surface area contributed by atoms with Gasteiger partial charge in [0.25, 0.3) is 5.91 Å². The number of carbonyl (C=O) groups excluding carboxylic acids is 1. The van der Waals surface area contributed by atoms with Crippen molar-refractivity contribution >= 4 is 34.2 Å². The van der Waals surface area contributed by atoms with Gasteiger partial charge in [0.05, 0.1) is 0 Å². The Labute approximate surface area is 138 Å². The van der Waals surface area contributed by atoms with E-state index in [9.17, 15) is 4.79 Å². The second kappa shape index (κ2) is 6.93. The number of hydrogen-bond acceptors (Lipinski definition) is 2. The van der Waals surface area contributed by atoms with Crippen LogP contribution in [0.5, 0.6) is 5.75 Å². The molecule has 4 heteroatoms. The summed E-state index contributed by atoms with van der Waals surface area (Å²) in [7, 11) is 0. The molecule has 2 aromatic carbocycles. The first-order valence-electron chi connectivity index (χ1n) is 6.75. The summed E-state index contributed by atoms with van der Waals surface area (Å²) in [5.74, 6) is 0.563. The number of ether oxygens (including phenoxy) is 1. The van der Waals surface area contributed by atoms with E-state index >= 15 is 0 Å². The first-order valence-corrected chi connectivity index (χ1v) is 7.83. The third-order valence-electron chi connectivity index (χ3n) is 2.99. The zero-order valence-electron chi connectivity index (χ0n) is 12.3. The number of carbonyl (C=O) groups is 1. The van der Waals surface area contributed by atoms with E-state index < -0.39 is 6.10 Å². The molecule has 0 aliphatic heterocycles. The molecule has 110 valence electrons. The zero-order valence-corrected chi connectivity index (χ0v) is 14.5. The largest absolute Gasteiger partial charge is 0.481 e. The van der Waals surface area contributed by atoms with E-state index in [1.165, 1.54) is 0 Å². The molecule has 0 bridgehead atoms. The number of nitrogens with one attached hydrogen (secondary N) is 1. The predicted octanol–water partition coefficient (Wildman–Crippen LogP) is 4.31. The van der Waals surface area contributed by atoms with Gasteiger partial charge in [-0.15, -0.1) is 0 Å². The van der Waals surface area contributed by atoms with Crippen molar-refractivity contribution in [3.8, 4) is 5.75 Å². The molecule has 0 heterocycles. The number of benzene rings is 2. The van der Waals surface area contributed by atoms with Gasteiger partial charge in [-0.25, -0.2) is 0 Å². The molecule has 0 aliphatic rings. The van der Waals surface area contributed by atoms with Crippen LogP contribution in [0.4, 0.5) is 5.69 Å². The molecule has 2 aromatic rings. The molecule has 0 saturated carbocycles. The standard InChI is InChI=1S/C17H18INO2/c1-11-8-12(2)10-16(9-11)21-13(3)17(20)19-15-6-4-14(18)5-7-15/h4-10,13H,1-3H3,(H,19,20). The fraction of sp³-hybridized carbons (Fsp3) is 0.235. The Kier molecular flexibility index (Phi) is 5.22. The number of rotatable bonds is 4. The first kappa shape index (κ1) is 15.8. The monoisotopic (exact) mass is 395 g/mol. The van der Waals surface area contributed by atoms with Gasteiger partial charge in [-0.05, 0) is 90.9 Å². The number of anilines is 1. The van der Waals surface area contributed by atoms with Crippen LogP contribution < -0.4 is 10.1 Å². The zero-order chi connectivity index (χ0) is 15.4. The average molecular weight is 395 g/mol. The number of hydrogen-bond donors (Lipinski definition) is 1. The number of aryl methyl sites for hydroxylation is 2. The summed E-state index contributed by atoms with van der Waals surface area (Å²) < 4.78 is 6.85. The highest BCUT2D eigenvalue weighted by Gasteiger charge is 2.15. The van der Waals surface area contributed by atoms with Gasteiger partial charge in [-0.3, -0.25) is 4.79 Å². The van der Waals surface area contributed by atoms with Crippen molar-refractivity contribution in [1.82, 2.24) is 0 Å². The van der Waals surface area contributed by atoms with Crippen molar-refractivity contribution in [2.75, 3.05) is 5.32 Å². The molecule has 0 fully saturated rings. The molecule has 0 aromatic heterocycles. The Morgan fingerprint density at radius 3 is 2.24 bits per heavy atom. The van der Waals surface area contributed by atoms with Gasteiger partial charge in [-0.2, -0.15) is 0 Å². The van der Waals surface area contributed by atoms with Gasteiger partial charge in [-0.1, -0.05) is 6.07 Å². The third-order valence-corrected chi connectivity index (χ3v) is 3.71. The second-order valence-electron chi connectivity index (χ2n) is 5.08. The lowest BCUT2D eigenvalue weighted by Crippen LogP contribution is -2.30. The average Bonchev–Trinajstić information content (AvgIpc) is 2.40. The van der Waals surface area contributed by atoms with Crippen molar-refractivity contribution in [2.24, 2.45) is 0 Å². The highest BCUT2D eigenvalue weighted by molar-refractivity contribution is 14.1.